The molecule has 2 heterocycles. The Balaban J connectivity index is 1.08. The quantitative estimate of drug-likeness (QED) is 0.462. The summed E-state index contributed by atoms with van der Waals surface area (Å²) in [6, 6.07) is 17.0. The maximum absolute atomic E-state index is 12.7. The summed E-state index contributed by atoms with van der Waals surface area (Å²) < 4.78 is 7.04. The molecule has 3 atom stereocenters. The largest absolute Gasteiger partial charge is 0.457 e. The van der Waals surface area contributed by atoms with Gasteiger partial charge < -0.3 is 25.2 Å². The summed E-state index contributed by atoms with van der Waals surface area (Å²) in [6.45, 7) is 2.19. The minimum Gasteiger partial charge on any atom is -0.457 e. The number of fused-ring (bicyclic) bond motifs is 1. The van der Waals surface area contributed by atoms with Gasteiger partial charge in [0.2, 0.25) is 0 Å². The van der Waals surface area contributed by atoms with Crippen LogP contribution in [0, 0.1) is 11.8 Å². The van der Waals surface area contributed by atoms with Crippen molar-refractivity contribution in [1.82, 2.24) is 20.0 Å². The Morgan fingerprint density at radius 2 is 1.65 bits per heavy atom. The highest BCUT2D eigenvalue weighted by Gasteiger charge is 2.42. The summed E-state index contributed by atoms with van der Waals surface area (Å²) in [7, 11) is 0. The number of likely N-dealkylation sites (tertiary alicyclic amines) is 1. The Kier molecular flexibility index (Phi) is 6.56. The van der Waals surface area contributed by atoms with Gasteiger partial charge in [-0.25, -0.2) is 4.79 Å². The molecule has 2 aliphatic rings. The highest BCUT2D eigenvalue weighted by Crippen LogP contribution is 2.38. The van der Waals surface area contributed by atoms with Crippen LogP contribution < -0.4 is 10.1 Å². The third-order valence-corrected chi connectivity index (χ3v) is 6.91. The van der Waals surface area contributed by atoms with Crippen LogP contribution in [0.25, 0.3) is 0 Å². The number of amides is 1. The van der Waals surface area contributed by atoms with Gasteiger partial charge >= 0.3 is 6.03 Å². The molecule has 178 valence electrons. The number of nitrogens with one attached hydrogen (secondary N) is 1. The monoisotopic (exact) mass is 482 g/mol. The topological polar surface area (TPSA) is 99.9 Å². The number of nitrogens with zero attached hydrogens (tertiary/aromatic N) is 3. The third-order valence-electron chi connectivity index (χ3n) is 6.66. The van der Waals surface area contributed by atoms with E-state index in [2.05, 4.69) is 22.5 Å². The lowest BCUT2D eigenvalue weighted by Crippen LogP contribution is -2.35. The first-order chi connectivity index (χ1) is 16.4. The molecule has 3 N–H and O–H groups in total. The molecule has 0 radical (unpaired) electrons. The van der Waals surface area contributed by atoms with Gasteiger partial charge in [-0.05, 0) is 72.7 Å². The van der Waals surface area contributed by atoms with E-state index in [0.29, 0.717) is 36.0 Å². The second kappa shape index (κ2) is 9.76. The van der Waals surface area contributed by atoms with Crippen LogP contribution in [-0.2, 0) is 6.54 Å². The normalized spacial score (nSPS) is 21.8. The van der Waals surface area contributed by atoms with Crippen molar-refractivity contribution in [2.75, 3.05) is 13.1 Å². The lowest BCUT2D eigenvalue weighted by atomic mass is 10.0. The van der Waals surface area contributed by atoms with E-state index < -0.39 is 6.29 Å². The molecule has 0 spiro atoms. The van der Waals surface area contributed by atoms with Gasteiger partial charge in [0.15, 0.2) is 6.29 Å². The summed E-state index contributed by atoms with van der Waals surface area (Å²) in [5, 5.41) is 26.7. The SMILES string of the molecule is O=C(N1C[C@H]2C[C@H](NCc3ccc(Oc4ccc(Cl)cc4)cc3)C[C@H]2C1)n1ccc(C(O)O)n1. The van der Waals surface area contributed by atoms with Crippen molar-refractivity contribution in [1.29, 1.82) is 0 Å². The predicted octanol–water partition coefficient (Wildman–Crippen LogP) is 3.78. The van der Waals surface area contributed by atoms with Crippen LogP contribution in [0.3, 0.4) is 0 Å². The molecule has 2 fully saturated rings. The van der Waals surface area contributed by atoms with Crippen molar-refractivity contribution in [3.63, 3.8) is 0 Å². The number of rotatable bonds is 6. The molecule has 1 saturated carbocycles. The standard InChI is InChI=1S/C25H27ClN4O4/c26-19-3-7-22(8-4-19)34-21-5-1-16(2-6-21)13-27-20-11-17-14-29(15-18(17)12-20)25(33)30-10-9-23(28-30)24(31)32/h1-10,17-18,20,24,27,31-32H,11-15H2/t17-,18+,20+. The molecular formula is C25H27ClN4O4. The number of aliphatic hydroxyl groups excluding tert-OH is 1. The molecule has 1 aliphatic carbocycles. The first-order valence-corrected chi connectivity index (χ1v) is 11.8. The minimum absolute atomic E-state index is 0.0709. The maximum atomic E-state index is 12.7. The molecule has 1 aliphatic heterocycles. The molecule has 1 amide bonds. The lowest BCUT2D eigenvalue weighted by molar-refractivity contribution is -0.0460. The summed E-state index contributed by atoms with van der Waals surface area (Å²) in [5.41, 5.74) is 1.26. The number of ether oxygens (including phenoxy) is 1. The van der Waals surface area contributed by atoms with E-state index in [1.54, 1.807) is 12.1 Å². The van der Waals surface area contributed by atoms with Crippen molar-refractivity contribution < 1.29 is 19.7 Å². The van der Waals surface area contributed by atoms with E-state index in [4.69, 9.17) is 16.3 Å². The number of hydrogen-bond donors (Lipinski definition) is 3. The zero-order chi connectivity index (χ0) is 23.7. The predicted molar refractivity (Wildman–Crippen MR) is 127 cm³/mol. The Morgan fingerprint density at radius 3 is 2.24 bits per heavy atom. The van der Waals surface area contributed by atoms with E-state index >= 15 is 0 Å². The van der Waals surface area contributed by atoms with Gasteiger partial charge in [-0.15, -0.1) is 0 Å². The zero-order valence-corrected chi connectivity index (χ0v) is 19.3. The second-order valence-corrected chi connectivity index (χ2v) is 9.45. The van der Waals surface area contributed by atoms with Gasteiger partial charge in [-0.1, -0.05) is 23.7 Å². The van der Waals surface area contributed by atoms with Crippen molar-refractivity contribution in [2.45, 2.75) is 31.7 Å². The lowest BCUT2D eigenvalue weighted by Gasteiger charge is -2.19. The highest BCUT2D eigenvalue weighted by molar-refractivity contribution is 6.30. The number of hydrogen-bond acceptors (Lipinski definition) is 6. The zero-order valence-electron chi connectivity index (χ0n) is 18.5. The van der Waals surface area contributed by atoms with Gasteiger partial charge in [0, 0.05) is 36.9 Å². The van der Waals surface area contributed by atoms with Crippen molar-refractivity contribution in [2.24, 2.45) is 11.8 Å². The molecule has 2 aromatic carbocycles. The fourth-order valence-corrected chi connectivity index (χ4v) is 5.05. The second-order valence-electron chi connectivity index (χ2n) is 9.02. The molecule has 0 bridgehead atoms. The van der Waals surface area contributed by atoms with E-state index in [1.807, 2.05) is 29.2 Å². The average molecular weight is 483 g/mol. The summed E-state index contributed by atoms with van der Waals surface area (Å²) >= 11 is 5.91. The number of carbonyl (C=O) groups is 1. The fourth-order valence-electron chi connectivity index (χ4n) is 4.93. The Morgan fingerprint density at radius 1 is 1.03 bits per heavy atom. The molecule has 34 heavy (non-hydrogen) atoms. The number of aliphatic hydroxyl groups is 2. The van der Waals surface area contributed by atoms with E-state index in [9.17, 15) is 15.0 Å². The summed E-state index contributed by atoms with van der Waals surface area (Å²) in [6.07, 6.45) is 1.87. The molecule has 5 rings (SSSR count). The minimum atomic E-state index is -1.67. The fraction of sp³-hybridized carbons (Fsp3) is 0.360. The van der Waals surface area contributed by atoms with Gasteiger partial charge in [0.25, 0.3) is 0 Å². The van der Waals surface area contributed by atoms with Crippen LogP contribution in [0.2, 0.25) is 5.02 Å². The van der Waals surface area contributed by atoms with E-state index in [0.717, 1.165) is 30.9 Å². The number of aromatic nitrogens is 2. The highest BCUT2D eigenvalue weighted by atomic mass is 35.5. The van der Waals surface area contributed by atoms with Gasteiger partial charge in [-0.2, -0.15) is 9.78 Å². The summed E-state index contributed by atoms with van der Waals surface area (Å²) in [5.74, 6) is 2.47. The maximum Gasteiger partial charge on any atom is 0.344 e. The van der Waals surface area contributed by atoms with E-state index in [-0.39, 0.29) is 11.7 Å². The number of halogens is 1. The van der Waals surface area contributed by atoms with Gasteiger partial charge in [0.05, 0.1) is 0 Å². The molecule has 0 unspecified atom stereocenters. The van der Waals surface area contributed by atoms with Crippen LogP contribution in [0.15, 0.2) is 60.8 Å². The van der Waals surface area contributed by atoms with Crippen LogP contribution in [0.5, 0.6) is 11.5 Å². The molecule has 9 heteroatoms. The molecule has 3 aromatic rings. The van der Waals surface area contributed by atoms with Crippen LogP contribution in [0.1, 0.15) is 30.4 Å². The van der Waals surface area contributed by atoms with Gasteiger partial charge in [-0.3, -0.25) is 0 Å². The summed E-state index contributed by atoms with van der Waals surface area (Å²) in [4.78, 5) is 14.5. The van der Waals surface area contributed by atoms with Crippen LogP contribution >= 0.6 is 11.6 Å². The Hall–Kier alpha value is -2.91. The van der Waals surface area contributed by atoms with Crippen LogP contribution in [-0.4, -0.2) is 50.1 Å². The third kappa shape index (κ3) is 5.10. The number of carbonyl (C=O) groups excluding carboxylic acids is 1. The smallest absolute Gasteiger partial charge is 0.344 e. The number of benzene rings is 2. The Labute approximate surface area is 202 Å². The first-order valence-electron chi connectivity index (χ1n) is 11.4. The molecule has 1 saturated heterocycles. The molecule has 8 nitrogen and oxygen atoms in total. The van der Waals surface area contributed by atoms with E-state index in [1.165, 1.54) is 22.5 Å². The van der Waals surface area contributed by atoms with Crippen molar-refractivity contribution >= 4 is 17.6 Å². The van der Waals surface area contributed by atoms with Gasteiger partial charge in [0.1, 0.15) is 17.2 Å². The molecule has 1 aromatic heterocycles. The van der Waals surface area contributed by atoms with Crippen molar-refractivity contribution in [3.8, 4) is 11.5 Å². The molecular weight excluding hydrogens is 456 g/mol. The van der Waals surface area contributed by atoms with Crippen molar-refractivity contribution in [3.05, 3.63) is 77.1 Å². The first kappa shape index (κ1) is 22.9. The van der Waals surface area contributed by atoms with Crippen LogP contribution in [0.4, 0.5) is 4.79 Å². The Bertz CT molecular complexity index is 1120. The average Bonchev–Trinajstić information content (AvgIpc) is 3.55.